The van der Waals surface area contributed by atoms with E-state index in [1.807, 2.05) is 25.1 Å². The molecule has 0 aliphatic carbocycles. The van der Waals surface area contributed by atoms with Gasteiger partial charge < -0.3 is 19.1 Å². The van der Waals surface area contributed by atoms with Crippen LogP contribution in [0.1, 0.15) is 48.1 Å². The Hall–Kier alpha value is -3.52. The molecule has 8 nitrogen and oxygen atoms in total. The van der Waals surface area contributed by atoms with Crippen molar-refractivity contribution < 1.29 is 24.2 Å². The predicted octanol–water partition coefficient (Wildman–Crippen LogP) is 2.49. The first-order valence-corrected chi connectivity index (χ1v) is 11.0. The second-order valence-electron chi connectivity index (χ2n) is 8.63. The Morgan fingerprint density at radius 1 is 1.27 bits per heavy atom. The summed E-state index contributed by atoms with van der Waals surface area (Å²) in [5, 5.41) is 12.0. The van der Waals surface area contributed by atoms with Crippen molar-refractivity contribution in [2.24, 2.45) is 0 Å². The SMILES string of the molecule is CC[C@@]1(O)C(=O)OCc2c1cc1n(c2=O)Cc2c-1nc1ccc(C)cc1c2CCOC(C)=O. The zero-order chi connectivity index (χ0) is 23.5. The van der Waals surface area contributed by atoms with Crippen LogP contribution in [-0.4, -0.2) is 33.2 Å². The molecule has 1 aromatic carbocycles. The average Bonchev–Trinajstić information content (AvgIpc) is 3.15. The third kappa shape index (κ3) is 3.16. The first-order chi connectivity index (χ1) is 15.7. The zero-order valence-electron chi connectivity index (χ0n) is 18.7. The molecule has 1 N–H and O–H groups in total. The number of hydrogen-bond donors (Lipinski definition) is 1. The fraction of sp³-hybridized carbons (Fsp3) is 0.360. The second-order valence-corrected chi connectivity index (χ2v) is 8.63. The maximum absolute atomic E-state index is 13.4. The van der Waals surface area contributed by atoms with Crippen molar-refractivity contribution in [3.05, 3.63) is 62.4 Å². The van der Waals surface area contributed by atoms with E-state index in [-0.39, 0.29) is 42.3 Å². The second kappa shape index (κ2) is 7.52. The third-order valence-electron chi connectivity index (χ3n) is 6.62. The van der Waals surface area contributed by atoms with Gasteiger partial charge in [-0.1, -0.05) is 18.6 Å². The summed E-state index contributed by atoms with van der Waals surface area (Å²) < 4.78 is 12.0. The summed E-state index contributed by atoms with van der Waals surface area (Å²) >= 11 is 0. The van der Waals surface area contributed by atoms with Crippen LogP contribution >= 0.6 is 0 Å². The van der Waals surface area contributed by atoms with Gasteiger partial charge in [0.25, 0.3) is 5.56 Å². The Labute approximate surface area is 189 Å². The molecule has 2 aliphatic heterocycles. The first kappa shape index (κ1) is 21.3. The van der Waals surface area contributed by atoms with E-state index in [0.717, 1.165) is 27.6 Å². The lowest BCUT2D eigenvalue weighted by atomic mass is 9.86. The number of nitrogens with zero attached hydrogens (tertiary/aromatic N) is 2. The van der Waals surface area contributed by atoms with Crippen LogP contribution in [-0.2, 0) is 44.2 Å². The number of cyclic esters (lactones) is 1. The number of esters is 2. The molecule has 170 valence electrons. The highest BCUT2D eigenvalue weighted by atomic mass is 16.6. The lowest BCUT2D eigenvalue weighted by Gasteiger charge is -2.31. The van der Waals surface area contributed by atoms with E-state index >= 15 is 0 Å². The van der Waals surface area contributed by atoms with Crippen LogP contribution < -0.4 is 5.56 Å². The molecule has 0 spiro atoms. The molecule has 0 saturated carbocycles. The number of rotatable bonds is 4. The van der Waals surface area contributed by atoms with E-state index in [1.165, 1.54) is 6.92 Å². The maximum atomic E-state index is 13.4. The van der Waals surface area contributed by atoms with Crippen molar-refractivity contribution in [1.82, 2.24) is 9.55 Å². The van der Waals surface area contributed by atoms with Crippen molar-refractivity contribution in [3.8, 4) is 11.4 Å². The van der Waals surface area contributed by atoms with Crippen LogP contribution in [0.25, 0.3) is 22.3 Å². The summed E-state index contributed by atoms with van der Waals surface area (Å²) in [4.78, 5) is 42.0. The molecule has 8 heteroatoms. The number of aromatic nitrogens is 2. The molecule has 33 heavy (non-hydrogen) atoms. The molecule has 4 heterocycles. The summed E-state index contributed by atoms with van der Waals surface area (Å²) in [6.45, 7) is 5.40. The normalized spacial score (nSPS) is 18.5. The number of fused-ring (bicyclic) bond motifs is 5. The van der Waals surface area contributed by atoms with Gasteiger partial charge in [0, 0.05) is 29.9 Å². The zero-order valence-corrected chi connectivity index (χ0v) is 18.7. The highest BCUT2D eigenvalue weighted by molar-refractivity contribution is 5.89. The summed E-state index contributed by atoms with van der Waals surface area (Å²) in [7, 11) is 0. The largest absolute Gasteiger partial charge is 0.466 e. The number of aliphatic hydroxyl groups is 1. The van der Waals surface area contributed by atoms with Gasteiger partial charge in [0.05, 0.1) is 35.6 Å². The first-order valence-electron chi connectivity index (χ1n) is 11.0. The van der Waals surface area contributed by atoms with Gasteiger partial charge in [0.15, 0.2) is 5.60 Å². The molecule has 2 aliphatic rings. The number of aryl methyl sites for hydroxylation is 1. The highest BCUT2D eigenvalue weighted by Gasteiger charge is 2.45. The molecule has 0 fully saturated rings. The lowest BCUT2D eigenvalue weighted by Crippen LogP contribution is -2.44. The van der Waals surface area contributed by atoms with E-state index in [4.69, 9.17) is 14.5 Å². The number of carbonyl (C=O) groups excluding carboxylic acids is 2. The molecule has 0 amide bonds. The van der Waals surface area contributed by atoms with Crippen molar-refractivity contribution >= 4 is 22.8 Å². The minimum Gasteiger partial charge on any atom is -0.466 e. The van der Waals surface area contributed by atoms with Gasteiger partial charge in [-0.15, -0.1) is 0 Å². The number of ether oxygens (including phenoxy) is 2. The molecule has 5 rings (SSSR count). The molecule has 3 aromatic rings. The highest BCUT2D eigenvalue weighted by Crippen LogP contribution is 2.40. The molecule has 0 bridgehead atoms. The number of hydrogen-bond acceptors (Lipinski definition) is 7. The molecule has 0 radical (unpaired) electrons. The van der Waals surface area contributed by atoms with E-state index in [9.17, 15) is 19.5 Å². The number of benzene rings is 1. The predicted molar refractivity (Wildman–Crippen MR) is 120 cm³/mol. The van der Waals surface area contributed by atoms with Gasteiger partial charge in [-0.25, -0.2) is 9.78 Å². The number of pyridine rings is 2. The molecule has 1 atom stereocenters. The Morgan fingerprint density at radius 2 is 2.06 bits per heavy atom. The van der Waals surface area contributed by atoms with Crippen molar-refractivity contribution in [2.45, 2.75) is 52.4 Å². The molecule has 2 aromatic heterocycles. The quantitative estimate of drug-likeness (QED) is 0.478. The van der Waals surface area contributed by atoms with Crippen LogP contribution in [0.15, 0.2) is 29.1 Å². The van der Waals surface area contributed by atoms with Crippen LogP contribution in [0.3, 0.4) is 0 Å². The van der Waals surface area contributed by atoms with Gasteiger partial charge >= 0.3 is 11.9 Å². The fourth-order valence-corrected chi connectivity index (χ4v) is 4.86. The van der Waals surface area contributed by atoms with E-state index in [1.54, 1.807) is 17.6 Å². The molecular formula is C25H24N2O6. The Bertz CT molecular complexity index is 1410. The minimum atomic E-state index is -1.86. The van der Waals surface area contributed by atoms with Crippen LogP contribution in [0.4, 0.5) is 0 Å². The van der Waals surface area contributed by atoms with Crippen molar-refractivity contribution in [2.75, 3.05) is 6.61 Å². The monoisotopic (exact) mass is 448 g/mol. The van der Waals surface area contributed by atoms with E-state index in [0.29, 0.717) is 24.4 Å². The summed E-state index contributed by atoms with van der Waals surface area (Å²) in [6.07, 6.45) is 0.569. The van der Waals surface area contributed by atoms with Gasteiger partial charge in [0.2, 0.25) is 0 Å². The minimum absolute atomic E-state index is 0.0899. The number of carbonyl (C=O) groups is 2. The van der Waals surface area contributed by atoms with Gasteiger partial charge in [-0.2, -0.15) is 0 Å². The molecule has 0 saturated heterocycles. The Morgan fingerprint density at radius 3 is 2.79 bits per heavy atom. The third-order valence-corrected chi connectivity index (χ3v) is 6.62. The maximum Gasteiger partial charge on any atom is 0.343 e. The van der Waals surface area contributed by atoms with E-state index < -0.39 is 11.6 Å². The van der Waals surface area contributed by atoms with Crippen LogP contribution in [0.5, 0.6) is 0 Å². The summed E-state index contributed by atoms with van der Waals surface area (Å²) in [5.41, 5.74) is 3.31. The lowest BCUT2D eigenvalue weighted by molar-refractivity contribution is -0.172. The average molecular weight is 448 g/mol. The molecular weight excluding hydrogens is 424 g/mol. The van der Waals surface area contributed by atoms with Gasteiger partial charge in [0.1, 0.15) is 6.61 Å². The fourth-order valence-electron chi connectivity index (χ4n) is 4.86. The molecule has 0 unspecified atom stereocenters. The van der Waals surface area contributed by atoms with Crippen molar-refractivity contribution in [1.29, 1.82) is 0 Å². The van der Waals surface area contributed by atoms with Crippen LogP contribution in [0, 0.1) is 6.92 Å². The topological polar surface area (TPSA) is 108 Å². The van der Waals surface area contributed by atoms with Gasteiger partial charge in [-0.3, -0.25) is 9.59 Å². The standard InChI is InChI=1S/C25H24N2O6/c1-4-25(31)19-10-21-22-17(11-27(21)23(29)18(19)12-33-24(25)30)15(7-8-32-14(3)28)16-9-13(2)5-6-20(16)26-22/h5-6,9-10,31H,4,7-8,11-12H2,1-3H3/t25-/m0/s1. The van der Waals surface area contributed by atoms with Gasteiger partial charge in [-0.05, 0) is 37.1 Å². The Kier molecular flexibility index (Phi) is 4.86. The Balaban J connectivity index is 1.75. The van der Waals surface area contributed by atoms with E-state index in [2.05, 4.69) is 0 Å². The summed E-state index contributed by atoms with van der Waals surface area (Å²) in [5.74, 6) is -1.10. The smallest absolute Gasteiger partial charge is 0.343 e. The van der Waals surface area contributed by atoms with Crippen LogP contribution in [0.2, 0.25) is 0 Å². The van der Waals surface area contributed by atoms with Crippen molar-refractivity contribution in [3.63, 3.8) is 0 Å². The summed E-state index contributed by atoms with van der Waals surface area (Å²) in [6, 6.07) is 7.65.